The van der Waals surface area contributed by atoms with Crippen LogP contribution in [0.25, 0.3) is 0 Å². The SMILES string of the molecule is Cc1ccc2c(c1)C(C(Cl)(Cl)Cl)OP(=O)(Oc1ccccc1)O2. The highest BCUT2D eigenvalue weighted by molar-refractivity contribution is 7.49. The zero-order valence-corrected chi connectivity index (χ0v) is 15.1. The number of hydrogen-bond donors (Lipinski definition) is 0. The van der Waals surface area contributed by atoms with E-state index in [1.807, 2.05) is 6.92 Å². The van der Waals surface area contributed by atoms with Gasteiger partial charge in [-0.3, -0.25) is 4.52 Å². The van der Waals surface area contributed by atoms with E-state index < -0.39 is 17.7 Å². The quantitative estimate of drug-likeness (QED) is 0.463. The lowest BCUT2D eigenvalue weighted by molar-refractivity contribution is 0.126. The van der Waals surface area contributed by atoms with Crippen molar-refractivity contribution >= 4 is 42.6 Å². The predicted octanol–water partition coefficient (Wildman–Crippen LogP) is 6.00. The summed E-state index contributed by atoms with van der Waals surface area (Å²) in [6.07, 6.45) is -1.08. The molecular formula is C15H12Cl3O4P. The van der Waals surface area contributed by atoms with Crippen molar-refractivity contribution in [3.05, 3.63) is 59.7 Å². The van der Waals surface area contributed by atoms with E-state index in [4.69, 9.17) is 48.4 Å². The number of aryl methyl sites for hydroxylation is 1. The third-order valence-corrected chi connectivity index (χ3v) is 5.07. The molecule has 2 aromatic rings. The molecular weight excluding hydrogens is 381 g/mol. The number of fused-ring (bicyclic) bond motifs is 1. The van der Waals surface area contributed by atoms with Crippen LogP contribution in [-0.4, -0.2) is 3.79 Å². The molecule has 2 aromatic carbocycles. The number of phosphoric acid groups is 1. The molecule has 0 N–H and O–H groups in total. The Labute approximate surface area is 148 Å². The van der Waals surface area contributed by atoms with Gasteiger partial charge in [0.05, 0.1) is 0 Å². The number of halogens is 3. The lowest BCUT2D eigenvalue weighted by Gasteiger charge is -2.34. The van der Waals surface area contributed by atoms with E-state index >= 15 is 0 Å². The van der Waals surface area contributed by atoms with Crippen LogP contribution in [0, 0.1) is 6.92 Å². The minimum Gasteiger partial charge on any atom is -0.395 e. The molecule has 0 aliphatic carbocycles. The van der Waals surface area contributed by atoms with Crippen molar-refractivity contribution in [2.75, 3.05) is 0 Å². The molecule has 4 nitrogen and oxygen atoms in total. The zero-order chi connectivity index (χ0) is 16.7. The van der Waals surface area contributed by atoms with Crippen molar-refractivity contribution in [2.24, 2.45) is 0 Å². The highest BCUT2D eigenvalue weighted by Gasteiger charge is 2.49. The summed E-state index contributed by atoms with van der Waals surface area (Å²) < 4.78 is 27.3. The second kappa shape index (κ2) is 6.19. The third kappa shape index (κ3) is 3.78. The first-order valence-corrected chi connectivity index (χ1v) is 9.26. The van der Waals surface area contributed by atoms with Gasteiger partial charge in [0.25, 0.3) is 0 Å². The second-order valence-electron chi connectivity index (χ2n) is 5.01. The van der Waals surface area contributed by atoms with Gasteiger partial charge in [0.15, 0.2) is 0 Å². The molecule has 0 saturated carbocycles. The standard InChI is InChI=1S/C15H12Cl3O4P/c1-10-7-8-13-12(9-10)14(15(16,17)18)22-23(19,21-13)20-11-5-3-2-4-6-11/h2-9,14H,1H3. The van der Waals surface area contributed by atoms with E-state index in [2.05, 4.69) is 0 Å². The molecule has 0 fully saturated rings. The Kier molecular flexibility index (Phi) is 4.56. The van der Waals surface area contributed by atoms with Gasteiger partial charge in [-0.2, -0.15) is 0 Å². The van der Waals surface area contributed by atoms with Gasteiger partial charge in [0.2, 0.25) is 3.79 Å². The van der Waals surface area contributed by atoms with E-state index in [1.165, 1.54) is 0 Å². The molecule has 2 atom stereocenters. The first-order chi connectivity index (χ1) is 10.8. The predicted molar refractivity (Wildman–Crippen MR) is 90.6 cm³/mol. The topological polar surface area (TPSA) is 44.8 Å². The summed E-state index contributed by atoms with van der Waals surface area (Å²) in [5.74, 6) is 0.631. The molecule has 0 amide bonds. The Morgan fingerprint density at radius 1 is 1.13 bits per heavy atom. The van der Waals surface area contributed by atoms with E-state index in [9.17, 15) is 4.57 Å². The van der Waals surface area contributed by atoms with Crippen LogP contribution in [0.15, 0.2) is 48.5 Å². The molecule has 122 valence electrons. The Morgan fingerprint density at radius 2 is 1.83 bits per heavy atom. The number of benzene rings is 2. The molecule has 23 heavy (non-hydrogen) atoms. The Hall–Kier alpha value is -0.900. The minimum atomic E-state index is -3.99. The average Bonchev–Trinajstić information content (AvgIpc) is 2.47. The molecule has 8 heteroatoms. The second-order valence-corrected chi connectivity index (χ2v) is 8.85. The highest BCUT2D eigenvalue weighted by atomic mass is 35.6. The Bertz CT molecular complexity index is 761. The van der Waals surface area contributed by atoms with Crippen LogP contribution in [0.1, 0.15) is 17.2 Å². The average molecular weight is 394 g/mol. The van der Waals surface area contributed by atoms with Crippen molar-refractivity contribution in [2.45, 2.75) is 16.8 Å². The lowest BCUT2D eigenvalue weighted by Crippen LogP contribution is -2.26. The first-order valence-electron chi connectivity index (χ1n) is 6.67. The normalized spacial score (nSPS) is 23.7. The smallest absolute Gasteiger partial charge is 0.395 e. The monoisotopic (exact) mass is 392 g/mol. The van der Waals surface area contributed by atoms with E-state index in [0.717, 1.165) is 5.56 Å². The molecule has 1 aliphatic rings. The summed E-state index contributed by atoms with van der Waals surface area (Å²) in [5, 5.41) is 0. The van der Waals surface area contributed by atoms with Crippen LogP contribution >= 0.6 is 42.6 Å². The first kappa shape index (κ1) is 16.9. The van der Waals surface area contributed by atoms with E-state index in [0.29, 0.717) is 17.1 Å². The summed E-state index contributed by atoms with van der Waals surface area (Å²) in [6.45, 7) is 1.88. The molecule has 0 bridgehead atoms. The largest absolute Gasteiger partial charge is 0.588 e. The van der Waals surface area contributed by atoms with Crippen molar-refractivity contribution in [1.29, 1.82) is 0 Å². The fraction of sp³-hybridized carbons (Fsp3) is 0.200. The Morgan fingerprint density at radius 3 is 2.48 bits per heavy atom. The maximum Gasteiger partial charge on any atom is 0.588 e. The summed E-state index contributed by atoms with van der Waals surface area (Å²) in [7, 11) is -3.99. The van der Waals surface area contributed by atoms with E-state index in [-0.39, 0.29) is 0 Å². The summed E-state index contributed by atoms with van der Waals surface area (Å²) in [5.41, 5.74) is 1.43. The minimum absolute atomic E-state index is 0.303. The van der Waals surface area contributed by atoms with Crippen molar-refractivity contribution in [3.8, 4) is 11.5 Å². The molecule has 1 aliphatic heterocycles. The lowest BCUT2D eigenvalue weighted by atomic mass is 10.1. The van der Waals surface area contributed by atoms with Gasteiger partial charge in [0.1, 0.15) is 17.6 Å². The van der Waals surface area contributed by atoms with Gasteiger partial charge in [-0.05, 0) is 31.2 Å². The van der Waals surface area contributed by atoms with Crippen LogP contribution in [-0.2, 0) is 9.09 Å². The molecule has 0 aromatic heterocycles. The number of phosphoric ester groups is 1. The molecule has 3 rings (SSSR count). The van der Waals surface area contributed by atoms with Crippen molar-refractivity contribution in [3.63, 3.8) is 0 Å². The van der Waals surface area contributed by atoms with Gasteiger partial charge in [-0.15, -0.1) is 0 Å². The maximum absolute atomic E-state index is 12.9. The Balaban J connectivity index is 2.00. The zero-order valence-electron chi connectivity index (χ0n) is 11.9. The number of alkyl halides is 3. The molecule has 0 radical (unpaired) electrons. The van der Waals surface area contributed by atoms with Crippen LogP contribution < -0.4 is 9.05 Å². The van der Waals surface area contributed by atoms with Crippen molar-refractivity contribution < 1.29 is 18.1 Å². The highest BCUT2D eigenvalue weighted by Crippen LogP contribution is 2.62. The fourth-order valence-corrected chi connectivity index (χ4v) is 4.28. The third-order valence-electron chi connectivity index (χ3n) is 3.15. The number of para-hydroxylation sites is 1. The van der Waals surface area contributed by atoms with Gasteiger partial charge in [0, 0.05) is 5.56 Å². The van der Waals surface area contributed by atoms with Crippen LogP contribution in [0.3, 0.4) is 0 Å². The van der Waals surface area contributed by atoms with Crippen LogP contribution in [0.2, 0.25) is 0 Å². The molecule has 1 heterocycles. The van der Waals surface area contributed by atoms with Crippen LogP contribution in [0.4, 0.5) is 0 Å². The number of hydrogen-bond acceptors (Lipinski definition) is 4. The molecule has 0 spiro atoms. The molecule has 0 saturated heterocycles. The van der Waals surface area contributed by atoms with Crippen molar-refractivity contribution in [1.82, 2.24) is 0 Å². The fourth-order valence-electron chi connectivity index (χ4n) is 2.17. The van der Waals surface area contributed by atoms with Gasteiger partial charge in [-0.25, -0.2) is 4.57 Å². The summed E-state index contributed by atoms with van der Waals surface area (Å²) >= 11 is 18.0. The van der Waals surface area contributed by atoms with Gasteiger partial charge >= 0.3 is 7.82 Å². The summed E-state index contributed by atoms with van der Waals surface area (Å²) in [6, 6.07) is 13.7. The summed E-state index contributed by atoms with van der Waals surface area (Å²) in [4.78, 5) is 0. The van der Waals surface area contributed by atoms with Crippen LogP contribution in [0.5, 0.6) is 11.5 Å². The van der Waals surface area contributed by atoms with Gasteiger partial charge < -0.3 is 9.05 Å². The maximum atomic E-state index is 12.9. The van der Waals surface area contributed by atoms with E-state index in [1.54, 1.807) is 48.5 Å². The molecule has 2 unspecified atom stereocenters. The number of rotatable bonds is 2. The van der Waals surface area contributed by atoms with Gasteiger partial charge in [-0.1, -0.05) is 64.6 Å².